The Bertz CT molecular complexity index is 388. The second-order valence-electron chi connectivity index (χ2n) is 4.66. The molecule has 2 aliphatic rings. The van der Waals surface area contributed by atoms with Crippen LogP contribution in [0, 0.1) is 0 Å². The van der Waals surface area contributed by atoms with Gasteiger partial charge in [-0.25, -0.2) is 4.98 Å². The van der Waals surface area contributed by atoms with Gasteiger partial charge in [0.1, 0.15) is 5.69 Å². The van der Waals surface area contributed by atoms with Gasteiger partial charge in [0.05, 0.1) is 12.0 Å². The summed E-state index contributed by atoms with van der Waals surface area (Å²) in [6.45, 7) is 0. The summed E-state index contributed by atoms with van der Waals surface area (Å²) in [4.78, 5) is 16.3. The molecular weight excluding hydrogens is 188 g/mol. The smallest absolute Gasteiger partial charge is 0.181 e. The van der Waals surface area contributed by atoms with Crippen LogP contribution in [0.5, 0.6) is 0 Å². The van der Waals surface area contributed by atoms with Crippen molar-refractivity contribution in [3.05, 3.63) is 17.7 Å². The summed E-state index contributed by atoms with van der Waals surface area (Å²) in [5.41, 5.74) is 1.96. The number of carbonyl (C=O) groups excluding carboxylic acids is 1. The van der Waals surface area contributed by atoms with Gasteiger partial charge in [-0.15, -0.1) is 0 Å². The lowest BCUT2D eigenvalue weighted by Crippen LogP contribution is -2.17. The van der Waals surface area contributed by atoms with Crippen molar-refractivity contribution in [3.8, 4) is 0 Å². The highest BCUT2D eigenvalue weighted by molar-refractivity contribution is 5.96. The molecule has 0 radical (unpaired) electrons. The third kappa shape index (κ3) is 1.41. The molecule has 0 aliphatic heterocycles. The van der Waals surface area contributed by atoms with Gasteiger partial charge in [0, 0.05) is 12.5 Å². The zero-order valence-electron chi connectivity index (χ0n) is 8.91. The Morgan fingerprint density at radius 2 is 2.00 bits per heavy atom. The number of hydrogen-bond acceptors (Lipinski definition) is 2. The summed E-state index contributed by atoms with van der Waals surface area (Å²) < 4.78 is 2.16. The molecule has 3 rings (SSSR count). The Hall–Kier alpha value is -1.12. The van der Waals surface area contributed by atoms with Crippen LogP contribution in [0.2, 0.25) is 0 Å². The van der Waals surface area contributed by atoms with Crippen molar-refractivity contribution in [2.45, 2.75) is 51.0 Å². The molecule has 2 aliphatic carbocycles. The van der Waals surface area contributed by atoms with Crippen molar-refractivity contribution in [2.24, 2.45) is 0 Å². The lowest BCUT2D eigenvalue weighted by atomic mass is 9.99. The topological polar surface area (TPSA) is 34.9 Å². The monoisotopic (exact) mass is 204 g/mol. The van der Waals surface area contributed by atoms with Crippen LogP contribution < -0.4 is 0 Å². The number of aryl methyl sites for hydroxylation is 1. The molecule has 3 heteroatoms. The van der Waals surface area contributed by atoms with Gasteiger partial charge in [-0.2, -0.15) is 0 Å². The van der Waals surface area contributed by atoms with Crippen LogP contribution in [0.1, 0.15) is 60.7 Å². The van der Waals surface area contributed by atoms with Crippen molar-refractivity contribution < 1.29 is 4.79 Å². The van der Waals surface area contributed by atoms with Crippen LogP contribution in [0.15, 0.2) is 6.33 Å². The van der Waals surface area contributed by atoms with E-state index in [1.165, 1.54) is 25.7 Å². The third-order valence-electron chi connectivity index (χ3n) is 3.67. The predicted octanol–water partition coefficient (Wildman–Crippen LogP) is 2.52. The first-order valence-corrected chi connectivity index (χ1v) is 5.95. The van der Waals surface area contributed by atoms with Crippen molar-refractivity contribution in [2.75, 3.05) is 0 Å². The maximum Gasteiger partial charge on any atom is 0.181 e. The van der Waals surface area contributed by atoms with E-state index < -0.39 is 0 Å². The number of Topliss-reactive ketones (excluding diaryl/α,β-unsaturated/α-hetero) is 1. The van der Waals surface area contributed by atoms with E-state index in [1.807, 2.05) is 6.33 Å². The lowest BCUT2D eigenvalue weighted by molar-refractivity contribution is 0.0960. The molecule has 0 atom stereocenters. The van der Waals surface area contributed by atoms with E-state index in [9.17, 15) is 4.79 Å². The summed E-state index contributed by atoms with van der Waals surface area (Å²) in [7, 11) is 0. The summed E-state index contributed by atoms with van der Waals surface area (Å²) in [6, 6.07) is 0.545. The van der Waals surface area contributed by atoms with E-state index in [-0.39, 0.29) is 0 Å². The highest BCUT2D eigenvalue weighted by Crippen LogP contribution is 2.32. The average molecular weight is 204 g/mol. The molecule has 0 N–H and O–H groups in total. The highest BCUT2D eigenvalue weighted by atomic mass is 16.1. The zero-order valence-corrected chi connectivity index (χ0v) is 8.91. The van der Waals surface area contributed by atoms with E-state index in [0.717, 1.165) is 24.2 Å². The van der Waals surface area contributed by atoms with Crippen molar-refractivity contribution >= 4 is 5.78 Å². The number of ketones is 1. The number of nitrogens with zero attached hydrogens (tertiary/aromatic N) is 2. The second kappa shape index (κ2) is 3.47. The number of carbonyl (C=O) groups is 1. The fraction of sp³-hybridized carbons (Fsp3) is 0.667. The minimum atomic E-state index is 0.306. The van der Waals surface area contributed by atoms with Crippen LogP contribution in [0.25, 0.3) is 0 Å². The van der Waals surface area contributed by atoms with Gasteiger partial charge in [0.15, 0.2) is 5.78 Å². The molecule has 3 nitrogen and oxygen atoms in total. The minimum Gasteiger partial charge on any atom is -0.325 e. The molecule has 1 aromatic rings. The van der Waals surface area contributed by atoms with Crippen LogP contribution in [-0.4, -0.2) is 15.3 Å². The molecular formula is C12H16N2O. The minimum absolute atomic E-state index is 0.306. The van der Waals surface area contributed by atoms with Gasteiger partial charge >= 0.3 is 0 Å². The number of fused-ring (bicyclic) bond motifs is 1. The highest BCUT2D eigenvalue weighted by Gasteiger charge is 2.27. The average Bonchev–Trinajstić information content (AvgIpc) is 2.85. The molecule has 1 saturated carbocycles. The largest absolute Gasteiger partial charge is 0.325 e. The molecule has 0 amide bonds. The van der Waals surface area contributed by atoms with Gasteiger partial charge in [-0.05, 0) is 25.7 Å². The van der Waals surface area contributed by atoms with Crippen LogP contribution >= 0.6 is 0 Å². The maximum absolute atomic E-state index is 11.9. The standard InChI is InChI=1S/C12H16N2O/c15-11-7-3-6-10-12(11)14(8-13-10)9-4-1-2-5-9/h8-9H,1-7H2. The van der Waals surface area contributed by atoms with E-state index in [2.05, 4.69) is 9.55 Å². The molecule has 0 aromatic carbocycles. The first-order valence-electron chi connectivity index (χ1n) is 5.95. The molecule has 0 bridgehead atoms. The Morgan fingerprint density at radius 3 is 2.80 bits per heavy atom. The van der Waals surface area contributed by atoms with E-state index >= 15 is 0 Å². The summed E-state index contributed by atoms with van der Waals surface area (Å²) >= 11 is 0. The number of imidazole rings is 1. The quantitative estimate of drug-likeness (QED) is 0.704. The van der Waals surface area contributed by atoms with Gasteiger partial charge in [0.2, 0.25) is 0 Å². The Kier molecular flexibility index (Phi) is 2.11. The SMILES string of the molecule is O=C1CCCc2ncn(C3CCCC3)c21. The fourth-order valence-corrected chi connectivity index (χ4v) is 2.88. The Labute approximate surface area is 89.5 Å². The van der Waals surface area contributed by atoms with Crippen molar-refractivity contribution in [1.29, 1.82) is 0 Å². The predicted molar refractivity (Wildman–Crippen MR) is 57.0 cm³/mol. The van der Waals surface area contributed by atoms with Gasteiger partial charge in [-0.1, -0.05) is 12.8 Å². The molecule has 1 aromatic heterocycles. The molecule has 0 spiro atoms. The summed E-state index contributed by atoms with van der Waals surface area (Å²) in [5, 5.41) is 0. The molecule has 0 unspecified atom stereocenters. The third-order valence-corrected chi connectivity index (χ3v) is 3.67. The van der Waals surface area contributed by atoms with Crippen LogP contribution in [-0.2, 0) is 6.42 Å². The lowest BCUT2D eigenvalue weighted by Gasteiger charge is -2.17. The van der Waals surface area contributed by atoms with Gasteiger partial charge < -0.3 is 4.57 Å². The van der Waals surface area contributed by atoms with E-state index in [1.54, 1.807) is 0 Å². The number of rotatable bonds is 1. The Balaban J connectivity index is 2.01. The molecule has 80 valence electrons. The van der Waals surface area contributed by atoms with Crippen LogP contribution in [0.4, 0.5) is 0 Å². The maximum atomic E-state index is 11.9. The summed E-state index contributed by atoms with van der Waals surface area (Å²) in [6.07, 6.45) is 9.60. The van der Waals surface area contributed by atoms with Gasteiger partial charge in [-0.3, -0.25) is 4.79 Å². The van der Waals surface area contributed by atoms with Crippen LogP contribution in [0.3, 0.4) is 0 Å². The van der Waals surface area contributed by atoms with Gasteiger partial charge in [0.25, 0.3) is 0 Å². The van der Waals surface area contributed by atoms with Crippen molar-refractivity contribution in [3.63, 3.8) is 0 Å². The number of aromatic nitrogens is 2. The fourth-order valence-electron chi connectivity index (χ4n) is 2.88. The zero-order chi connectivity index (χ0) is 10.3. The second-order valence-corrected chi connectivity index (χ2v) is 4.66. The Morgan fingerprint density at radius 1 is 1.20 bits per heavy atom. The molecule has 1 heterocycles. The molecule has 0 saturated heterocycles. The molecule has 15 heavy (non-hydrogen) atoms. The normalized spacial score (nSPS) is 22.0. The first kappa shape index (κ1) is 9.13. The van der Waals surface area contributed by atoms with E-state index in [4.69, 9.17) is 0 Å². The number of hydrogen-bond donors (Lipinski definition) is 0. The summed E-state index contributed by atoms with van der Waals surface area (Å²) in [5.74, 6) is 0.306. The molecule has 1 fully saturated rings. The first-order chi connectivity index (χ1) is 7.36. The van der Waals surface area contributed by atoms with Crippen molar-refractivity contribution in [1.82, 2.24) is 9.55 Å². The van der Waals surface area contributed by atoms with E-state index in [0.29, 0.717) is 18.2 Å².